The Labute approximate surface area is 424 Å². The Bertz CT molecular complexity index is 2470. The summed E-state index contributed by atoms with van der Waals surface area (Å²) >= 11 is 1.77. The SMILES string of the molecule is CC(C)=CCC/C(C)=C/CC[C@@]1(C)Oc2c(c(O)cc3c2CN([C@@H](CCCN2Cc4c(cc(OC(=O)N5CCSCC5)c5c4O[C@](C)(CC/C=C(\C)CCC=C(C)C)[C@@H](O)C5)C2=O)OC=O)C3=O)C[C@@H]1O. The number of allylic oxidation sites excluding steroid dienone is 8. The average Bonchev–Trinajstić information content (AvgIpc) is 3.81. The second-order valence-corrected chi connectivity index (χ2v) is 22.2. The quantitative estimate of drug-likeness (QED) is 0.0847. The maximum atomic E-state index is 14.3. The fourth-order valence-electron chi connectivity index (χ4n) is 10.3. The van der Waals surface area contributed by atoms with Gasteiger partial charge in [0.15, 0.2) is 6.23 Å². The minimum absolute atomic E-state index is 0.0516. The molecule has 5 heterocycles. The maximum absolute atomic E-state index is 14.3. The van der Waals surface area contributed by atoms with Crippen LogP contribution in [0.2, 0.25) is 0 Å². The molecule has 0 radical (unpaired) electrons. The predicted octanol–water partition coefficient (Wildman–Crippen LogP) is 9.89. The molecular formula is C56H75N3O11S. The number of fused-ring (bicyclic) bond motifs is 6. The first-order valence-electron chi connectivity index (χ1n) is 25.4. The first kappa shape index (κ1) is 53.5. The van der Waals surface area contributed by atoms with Crippen molar-refractivity contribution in [2.45, 2.75) is 175 Å². The normalized spacial score (nSPS) is 23.2. The largest absolute Gasteiger partial charge is 0.508 e. The number of aliphatic hydroxyl groups is 2. The standard InChI is InChI=1S/C56H75N3O11S/c1-35(2)14-9-16-37(5)18-11-21-55(7)47(62)30-41-45(61)28-39-44(50(41)69-55)33-59(53(39)65)49(67-34-60)20-13-23-58-32-43-40(52(58)64)29-46(68-54(66)57-24-26-71-27-25-57)42-31-48(63)56(8,70-51(42)43)22-12-19-38(6)17-10-15-36(3)4/h14-15,18-19,28-29,34,47-49,61-63H,9-13,16-17,20-27,30-33H2,1-8H3/b37-18+,38-19+/t47-,48-,49+,55+,56+/m0/s1. The van der Waals surface area contributed by atoms with Crippen molar-refractivity contribution < 1.29 is 53.4 Å². The number of thioether (sulfide) groups is 1. The average molecular weight is 998 g/mol. The van der Waals surface area contributed by atoms with Crippen LogP contribution < -0.4 is 14.2 Å². The van der Waals surface area contributed by atoms with Gasteiger partial charge in [-0.25, -0.2) is 4.79 Å². The maximum Gasteiger partial charge on any atom is 0.415 e. The van der Waals surface area contributed by atoms with Crippen molar-refractivity contribution in [1.82, 2.24) is 14.7 Å². The lowest BCUT2D eigenvalue weighted by atomic mass is 9.84. The Morgan fingerprint density at radius 2 is 1.32 bits per heavy atom. The molecule has 71 heavy (non-hydrogen) atoms. The summed E-state index contributed by atoms with van der Waals surface area (Å²) < 4.78 is 25.0. The second-order valence-electron chi connectivity index (χ2n) is 21.0. The van der Waals surface area contributed by atoms with Crippen LogP contribution in [0.3, 0.4) is 0 Å². The highest BCUT2D eigenvalue weighted by Crippen LogP contribution is 2.49. The topological polar surface area (TPSA) is 176 Å². The van der Waals surface area contributed by atoms with Crippen LogP contribution in [0.15, 0.2) is 58.7 Å². The van der Waals surface area contributed by atoms with Crippen LogP contribution >= 0.6 is 11.8 Å². The lowest BCUT2D eigenvalue weighted by Gasteiger charge is -2.41. The Morgan fingerprint density at radius 3 is 1.90 bits per heavy atom. The van der Waals surface area contributed by atoms with Gasteiger partial charge in [0, 0.05) is 72.7 Å². The highest BCUT2D eigenvalue weighted by Gasteiger charge is 2.47. The highest BCUT2D eigenvalue weighted by atomic mass is 32.2. The van der Waals surface area contributed by atoms with Gasteiger partial charge in [-0.1, -0.05) is 46.6 Å². The van der Waals surface area contributed by atoms with Crippen LogP contribution in [0.25, 0.3) is 0 Å². The number of aromatic hydroxyl groups is 1. The van der Waals surface area contributed by atoms with E-state index in [2.05, 4.69) is 65.8 Å². The van der Waals surface area contributed by atoms with Crippen molar-refractivity contribution in [3.8, 4) is 23.0 Å². The van der Waals surface area contributed by atoms with Crippen LogP contribution in [0.5, 0.6) is 23.0 Å². The molecule has 5 aliphatic rings. The number of ether oxygens (including phenoxy) is 4. The number of aliphatic hydroxyl groups excluding tert-OH is 2. The Kier molecular flexibility index (Phi) is 17.4. The van der Waals surface area contributed by atoms with Gasteiger partial charge in [0.2, 0.25) is 0 Å². The first-order chi connectivity index (χ1) is 33.8. The number of phenols is 1. The van der Waals surface area contributed by atoms with E-state index in [0.29, 0.717) is 91.0 Å². The zero-order valence-corrected chi connectivity index (χ0v) is 43.9. The molecule has 0 saturated carbocycles. The molecule has 5 aliphatic heterocycles. The van der Waals surface area contributed by atoms with E-state index in [9.17, 15) is 34.5 Å². The molecule has 7 rings (SSSR count). The minimum atomic E-state index is -0.993. The molecule has 15 heteroatoms. The molecule has 2 aromatic rings. The number of hydrogen-bond acceptors (Lipinski definition) is 12. The van der Waals surface area contributed by atoms with Crippen molar-refractivity contribution in [3.63, 3.8) is 0 Å². The molecule has 3 N–H and O–H groups in total. The summed E-state index contributed by atoms with van der Waals surface area (Å²) in [6, 6.07) is 3.01. The Morgan fingerprint density at radius 1 is 0.775 bits per heavy atom. The van der Waals surface area contributed by atoms with Crippen LogP contribution in [0, 0.1) is 0 Å². The van der Waals surface area contributed by atoms with Crippen LogP contribution in [0.4, 0.5) is 4.79 Å². The van der Waals surface area contributed by atoms with Gasteiger partial charge < -0.3 is 44.1 Å². The Hall–Kier alpha value is -5.25. The molecule has 14 nitrogen and oxygen atoms in total. The zero-order valence-electron chi connectivity index (χ0n) is 43.1. The number of carbonyl (C=O) groups is 4. The van der Waals surface area contributed by atoms with E-state index in [4.69, 9.17) is 18.9 Å². The number of nitrogens with zero attached hydrogens (tertiary/aromatic N) is 3. The van der Waals surface area contributed by atoms with Crippen molar-refractivity contribution in [2.75, 3.05) is 31.1 Å². The molecule has 5 atom stereocenters. The number of carbonyl (C=O) groups excluding carboxylic acids is 4. The van der Waals surface area contributed by atoms with E-state index in [0.717, 1.165) is 37.2 Å². The van der Waals surface area contributed by atoms with Gasteiger partial charge in [-0.2, -0.15) is 11.8 Å². The van der Waals surface area contributed by atoms with Crippen molar-refractivity contribution in [3.05, 3.63) is 92.1 Å². The number of amides is 3. The second kappa shape index (κ2) is 23.1. The number of benzene rings is 2. The zero-order chi connectivity index (χ0) is 51.2. The summed E-state index contributed by atoms with van der Waals surface area (Å²) in [5.41, 5.74) is 5.89. The molecule has 1 saturated heterocycles. The number of phenolic OH excluding ortho intramolecular Hbond substituents is 1. The van der Waals surface area contributed by atoms with E-state index < -0.39 is 41.6 Å². The Balaban J connectivity index is 1.05. The summed E-state index contributed by atoms with van der Waals surface area (Å²) in [4.78, 5) is 58.7. The summed E-state index contributed by atoms with van der Waals surface area (Å²) in [6.45, 7) is 18.2. The highest BCUT2D eigenvalue weighted by molar-refractivity contribution is 7.99. The van der Waals surface area contributed by atoms with Crippen LogP contribution in [-0.4, -0.2) is 115 Å². The molecule has 0 unspecified atom stereocenters. The third kappa shape index (κ3) is 12.3. The summed E-state index contributed by atoms with van der Waals surface area (Å²) in [7, 11) is 0. The van der Waals surface area contributed by atoms with Crippen molar-refractivity contribution in [2.24, 2.45) is 0 Å². The third-order valence-electron chi connectivity index (χ3n) is 14.8. The van der Waals surface area contributed by atoms with E-state index in [1.165, 1.54) is 33.3 Å². The van der Waals surface area contributed by atoms with Gasteiger partial charge in [-0.3, -0.25) is 19.3 Å². The molecular weight excluding hydrogens is 923 g/mol. The van der Waals surface area contributed by atoms with Gasteiger partial charge in [0.25, 0.3) is 18.3 Å². The summed E-state index contributed by atoms with van der Waals surface area (Å²) in [5, 5.41) is 34.2. The van der Waals surface area contributed by atoms with Crippen molar-refractivity contribution >= 4 is 36.1 Å². The molecule has 0 aliphatic carbocycles. The number of rotatable bonds is 20. The molecule has 2 aromatic carbocycles. The van der Waals surface area contributed by atoms with E-state index >= 15 is 0 Å². The monoisotopic (exact) mass is 998 g/mol. The van der Waals surface area contributed by atoms with Gasteiger partial charge in [-0.15, -0.1) is 0 Å². The summed E-state index contributed by atoms with van der Waals surface area (Å²) in [6.07, 6.45) is 12.6. The molecule has 1 fully saturated rings. The lowest BCUT2D eigenvalue weighted by Crippen LogP contribution is -2.49. The first-order valence-corrected chi connectivity index (χ1v) is 26.6. The van der Waals surface area contributed by atoms with E-state index in [1.807, 2.05) is 13.8 Å². The van der Waals surface area contributed by atoms with Crippen LogP contribution in [0.1, 0.15) is 163 Å². The van der Waals surface area contributed by atoms with E-state index in [1.54, 1.807) is 27.6 Å². The predicted molar refractivity (Wildman–Crippen MR) is 275 cm³/mol. The molecule has 0 aromatic heterocycles. The lowest BCUT2D eigenvalue weighted by molar-refractivity contribution is -0.141. The smallest absolute Gasteiger partial charge is 0.415 e. The molecule has 0 bridgehead atoms. The molecule has 0 spiro atoms. The van der Waals surface area contributed by atoms with Crippen molar-refractivity contribution in [1.29, 1.82) is 0 Å². The van der Waals surface area contributed by atoms with Gasteiger partial charge in [-0.05, 0) is 125 Å². The minimum Gasteiger partial charge on any atom is -0.508 e. The fraction of sp³-hybridized carbons (Fsp3) is 0.571. The number of hydrogen-bond donors (Lipinski definition) is 3. The summed E-state index contributed by atoms with van der Waals surface area (Å²) in [5.74, 6) is 1.75. The van der Waals surface area contributed by atoms with E-state index in [-0.39, 0.29) is 61.9 Å². The fourth-order valence-corrected chi connectivity index (χ4v) is 11.2. The van der Waals surface area contributed by atoms with Crippen LogP contribution in [-0.2, 0) is 35.5 Å². The van der Waals surface area contributed by atoms with Gasteiger partial charge in [0.05, 0.1) is 36.4 Å². The van der Waals surface area contributed by atoms with Gasteiger partial charge >= 0.3 is 6.09 Å². The third-order valence-corrected chi connectivity index (χ3v) is 15.8. The molecule has 3 amide bonds. The molecule has 386 valence electrons. The van der Waals surface area contributed by atoms with Gasteiger partial charge in [0.1, 0.15) is 34.2 Å².